The highest BCUT2D eigenvalue weighted by molar-refractivity contribution is 5.97. The second kappa shape index (κ2) is 6.32. The Kier molecular flexibility index (Phi) is 3.93. The number of fused-ring (bicyclic) bond motifs is 2. The van der Waals surface area contributed by atoms with Crippen molar-refractivity contribution in [2.24, 2.45) is 7.05 Å². The Morgan fingerprint density at radius 3 is 2.67 bits per heavy atom. The predicted molar refractivity (Wildman–Crippen MR) is 120 cm³/mol. The Hall–Kier alpha value is -3.35. The predicted octanol–water partition coefficient (Wildman–Crippen LogP) is 3.80. The maximum absolute atomic E-state index is 13.0. The van der Waals surface area contributed by atoms with Gasteiger partial charge in [0.15, 0.2) is 0 Å². The Morgan fingerprint density at radius 2 is 1.97 bits per heavy atom. The van der Waals surface area contributed by atoms with E-state index in [9.17, 15) is 4.79 Å². The minimum absolute atomic E-state index is 0.0102. The van der Waals surface area contributed by atoms with Crippen LogP contribution in [-0.2, 0) is 13.6 Å². The highest BCUT2D eigenvalue weighted by Crippen LogP contribution is 2.36. The van der Waals surface area contributed by atoms with Crippen LogP contribution in [0.4, 0.5) is 5.95 Å². The lowest BCUT2D eigenvalue weighted by molar-refractivity contribution is 0.425. The lowest BCUT2D eigenvalue weighted by Crippen LogP contribution is -2.45. The summed E-state index contributed by atoms with van der Waals surface area (Å²) < 4.78 is 3.59. The molecule has 0 radical (unpaired) electrons. The summed E-state index contributed by atoms with van der Waals surface area (Å²) in [6, 6.07) is 8.17. The van der Waals surface area contributed by atoms with Gasteiger partial charge in [-0.05, 0) is 45.4 Å². The quantitative estimate of drug-likeness (QED) is 0.566. The summed E-state index contributed by atoms with van der Waals surface area (Å²) in [6.45, 7) is 9.25. The first-order valence-corrected chi connectivity index (χ1v) is 10.3. The summed E-state index contributed by atoms with van der Waals surface area (Å²) in [5.74, 6) is 0.746. The molecule has 30 heavy (non-hydrogen) atoms. The molecule has 5 rings (SSSR count). The van der Waals surface area contributed by atoms with Crippen LogP contribution in [0.1, 0.15) is 27.7 Å². The molecule has 1 N–H and O–H groups in total. The normalized spacial score (nSPS) is 15.3. The molecule has 4 heterocycles. The van der Waals surface area contributed by atoms with Crippen LogP contribution >= 0.6 is 0 Å². The van der Waals surface area contributed by atoms with Crippen molar-refractivity contribution in [1.82, 2.24) is 24.3 Å². The van der Waals surface area contributed by atoms with Crippen LogP contribution in [0.15, 0.2) is 47.7 Å². The molecule has 154 valence electrons. The number of hydrogen-bond donors (Lipinski definition) is 1. The number of nitrogens with zero attached hydrogens (tertiary/aromatic N) is 5. The van der Waals surface area contributed by atoms with E-state index in [1.165, 1.54) is 0 Å². The summed E-state index contributed by atoms with van der Waals surface area (Å²) >= 11 is 0. The molecule has 0 aliphatic carbocycles. The van der Waals surface area contributed by atoms with Crippen LogP contribution in [0.3, 0.4) is 0 Å². The number of rotatable bonds is 3. The Balaban J connectivity index is 1.68. The molecule has 0 saturated heterocycles. The summed E-state index contributed by atoms with van der Waals surface area (Å²) in [5, 5.41) is 5.32. The highest BCUT2D eigenvalue weighted by atomic mass is 16.1. The number of aromatic nitrogens is 5. The first-order chi connectivity index (χ1) is 14.2. The number of aryl methyl sites for hydroxylation is 1. The van der Waals surface area contributed by atoms with E-state index in [1.807, 2.05) is 25.6 Å². The molecule has 1 aromatic carbocycles. The van der Waals surface area contributed by atoms with Gasteiger partial charge in [0.05, 0.1) is 24.0 Å². The molecule has 1 aliphatic heterocycles. The van der Waals surface area contributed by atoms with Gasteiger partial charge in [0.25, 0.3) is 5.56 Å². The molecule has 1 aliphatic rings. The van der Waals surface area contributed by atoms with E-state index in [1.54, 1.807) is 15.3 Å². The first-order valence-electron chi connectivity index (χ1n) is 10.3. The first kappa shape index (κ1) is 18.7. The average Bonchev–Trinajstić information content (AvgIpc) is 3.35. The van der Waals surface area contributed by atoms with Gasteiger partial charge in [0.1, 0.15) is 0 Å². The standard InChI is InChI=1S/C23H26N6O/c1-14(2)29-22-26-20(9-21(30)28(22)13-23(29,3)4)18-11-24-19-7-6-15(8-17(18)19)16-10-25-27(5)12-16/h6-12,14,24H,13H2,1-5H3. The van der Waals surface area contributed by atoms with Crippen LogP contribution in [0.5, 0.6) is 0 Å². The van der Waals surface area contributed by atoms with Crippen LogP contribution < -0.4 is 10.5 Å². The van der Waals surface area contributed by atoms with Crippen molar-refractivity contribution < 1.29 is 0 Å². The maximum atomic E-state index is 13.0. The van der Waals surface area contributed by atoms with Crippen molar-refractivity contribution in [3.05, 3.63) is 53.2 Å². The van der Waals surface area contributed by atoms with E-state index in [0.29, 0.717) is 12.2 Å². The summed E-state index contributed by atoms with van der Waals surface area (Å²) in [7, 11) is 1.91. The highest BCUT2D eigenvalue weighted by Gasteiger charge is 2.39. The van der Waals surface area contributed by atoms with E-state index in [-0.39, 0.29) is 17.1 Å². The van der Waals surface area contributed by atoms with Gasteiger partial charge in [-0.15, -0.1) is 0 Å². The van der Waals surface area contributed by atoms with Crippen molar-refractivity contribution in [3.8, 4) is 22.4 Å². The SMILES string of the molecule is CC(C)N1c2nc(-c3c[nH]c4ccc(-c5cnn(C)c5)cc34)cc(=O)n2CC1(C)C. The monoisotopic (exact) mass is 402 g/mol. The zero-order valence-corrected chi connectivity index (χ0v) is 18.0. The molecule has 0 amide bonds. The third-order valence-corrected chi connectivity index (χ3v) is 5.91. The van der Waals surface area contributed by atoms with E-state index in [4.69, 9.17) is 4.98 Å². The largest absolute Gasteiger partial charge is 0.360 e. The zero-order chi connectivity index (χ0) is 21.2. The smallest absolute Gasteiger partial charge is 0.255 e. The number of H-pyrrole nitrogens is 1. The van der Waals surface area contributed by atoms with Gasteiger partial charge >= 0.3 is 0 Å². The topological polar surface area (TPSA) is 71.7 Å². The number of benzene rings is 1. The summed E-state index contributed by atoms with van der Waals surface area (Å²) in [5.41, 5.74) is 4.62. The van der Waals surface area contributed by atoms with Crippen LogP contribution in [-0.4, -0.2) is 35.9 Å². The lowest BCUT2D eigenvalue weighted by atomic mass is 10.0. The number of anilines is 1. The molecule has 0 unspecified atom stereocenters. The van der Waals surface area contributed by atoms with Crippen LogP contribution in [0.2, 0.25) is 0 Å². The molecule has 0 atom stereocenters. The minimum atomic E-state index is -0.153. The molecule has 3 aromatic heterocycles. The summed E-state index contributed by atoms with van der Waals surface area (Å²) in [4.78, 5) is 23.5. The fourth-order valence-corrected chi connectivity index (χ4v) is 4.71. The third kappa shape index (κ3) is 2.76. The van der Waals surface area contributed by atoms with Gasteiger partial charge in [0.2, 0.25) is 5.95 Å². The molecule has 0 saturated carbocycles. The molecular formula is C23H26N6O. The fourth-order valence-electron chi connectivity index (χ4n) is 4.71. The molecule has 0 spiro atoms. The maximum Gasteiger partial charge on any atom is 0.255 e. The van der Waals surface area contributed by atoms with Gasteiger partial charge in [0, 0.05) is 53.6 Å². The van der Waals surface area contributed by atoms with Crippen molar-refractivity contribution in [2.75, 3.05) is 4.90 Å². The Labute approximate surface area is 175 Å². The Morgan fingerprint density at radius 1 is 1.17 bits per heavy atom. The van der Waals surface area contributed by atoms with Gasteiger partial charge in [-0.1, -0.05) is 6.07 Å². The molecule has 0 fully saturated rings. The van der Waals surface area contributed by atoms with E-state index >= 15 is 0 Å². The van der Waals surface area contributed by atoms with Gasteiger partial charge in [-0.2, -0.15) is 5.10 Å². The number of hydrogen-bond acceptors (Lipinski definition) is 4. The molecule has 0 bridgehead atoms. The molecular weight excluding hydrogens is 376 g/mol. The zero-order valence-electron chi connectivity index (χ0n) is 18.0. The summed E-state index contributed by atoms with van der Waals surface area (Å²) in [6.07, 6.45) is 5.79. The van der Waals surface area contributed by atoms with Crippen molar-refractivity contribution in [3.63, 3.8) is 0 Å². The van der Waals surface area contributed by atoms with E-state index < -0.39 is 0 Å². The second-order valence-corrected chi connectivity index (χ2v) is 9.01. The fraction of sp³-hybridized carbons (Fsp3) is 0.348. The molecule has 7 nitrogen and oxygen atoms in total. The van der Waals surface area contributed by atoms with Gasteiger partial charge in [-0.3, -0.25) is 14.0 Å². The molecule has 4 aromatic rings. The number of nitrogens with one attached hydrogen (secondary N) is 1. The van der Waals surface area contributed by atoms with E-state index in [0.717, 1.165) is 33.5 Å². The minimum Gasteiger partial charge on any atom is -0.360 e. The van der Waals surface area contributed by atoms with Crippen molar-refractivity contribution >= 4 is 16.9 Å². The molecule has 7 heteroatoms. The third-order valence-electron chi connectivity index (χ3n) is 5.91. The lowest BCUT2D eigenvalue weighted by Gasteiger charge is -2.35. The van der Waals surface area contributed by atoms with Crippen molar-refractivity contribution in [2.45, 2.75) is 45.8 Å². The average molecular weight is 403 g/mol. The Bertz CT molecular complexity index is 1320. The van der Waals surface area contributed by atoms with Crippen LogP contribution in [0.25, 0.3) is 33.3 Å². The van der Waals surface area contributed by atoms with E-state index in [2.05, 4.69) is 60.9 Å². The van der Waals surface area contributed by atoms with Gasteiger partial charge < -0.3 is 9.88 Å². The number of aromatic amines is 1. The van der Waals surface area contributed by atoms with Crippen molar-refractivity contribution in [1.29, 1.82) is 0 Å². The second-order valence-electron chi connectivity index (χ2n) is 9.01. The van der Waals surface area contributed by atoms with Gasteiger partial charge in [-0.25, -0.2) is 4.98 Å². The van der Waals surface area contributed by atoms with Crippen LogP contribution in [0, 0.1) is 0 Å².